The quantitative estimate of drug-likeness (QED) is 0.188. The largest absolute Gasteiger partial charge is 0.417 e. The number of halogens is 3. The zero-order valence-electron chi connectivity index (χ0n) is 27.8. The van der Waals surface area contributed by atoms with Crippen molar-refractivity contribution in [3.63, 3.8) is 0 Å². The fourth-order valence-corrected chi connectivity index (χ4v) is 7.52. The highest BCUT2D eigenvalue weighted by molar-refractivity contribution is 6.12. The average molecular weight is 648 g/mol. The van der Waals surface area contributed by atoms with Crippen LogP contribution in [0.4, 0.5) is 13.2 Å². The van der Waals surface area contributed by atoms with E-state index in [9.17, 15) is 5.26 Å². The average Bonchev–Trinajstić information content (AvgIpc) is 3.54. The van der Waals surface area contributed by atoms with Gasteiger partial charge in [-0.1, -0.05) is 60.7 Å². The van der Waals surface area contributed by atoms with Crippen LogP contribution in [0.3, 0.4) is 0 Å². The van der Waals surface area contributed by atoms with Crippen LogP contribution >= 0.6 is 0 Å². The van der Waals surface area contributed by atoms with E-state index in [2.05, 4.69) is 88.0 Å². The van der Waals surface area contributed by atoms with Crippen LogP contribution in [0.25, 0.3) is 66.1 Å². The molecule has 2 heterocycles. The first-order valence-electron chi connectivity index (χ1n) is 16.2. The van der Waals surface area contributed by atoms with Gasteiger partial charge in [-0.05, 0) is 105 Å². The van der Waals surface area contributed by atoms with Crippen LogP contribution < -0.4 is 0 Å². The summed E-state index contributed by atoms with van der Waals surface area (Å²) in [5.41, 5.74) is 9.17. The Labute approximate surface area is 282 Å². The van der Waals surface area contributed by atoms with Gasteiger partial charge in [0.25, 0.3) is 0 Å². The van der Waals surface area contributed by atoms with Gasteiger partial charge in [-0.3, -0.25) is 0 Å². The molecule has 6 heteroatoms. The highest BCUT2D eigenvalue weighted by Crippen LogP contribution is 2.47. The van der Waals surface area contributed by atoms with Gasteiger partial charge < -0.3 is 9.13 Å². The SMILES string of the molecule is Cc1ccc2c3ccc(C)cc3n(-c3cc(C#N)cc(-n4c5cc(C)ccc5c5ccc(C)cc54)c3-c3c(C)cccc3C(F)(F)F)c2c1. The summed E-state index contributed by atoms with van der Waals surface area (Å²) in [5.74, 6) is 0. The van der Waals surface area contributed by atoms with Crippen molar-refractivity contribution in [3.8, 4) is 28.6 Å². The fourth-order valence-electron chi connectivity index (χ4n) is 7.52. The number of aromatic nitrogens is 2. The zero-order chi connectivity index (χ0) is 34.4. The molecule has 8 aromatic rings. The van der Waals surface area contributed by atoms with Gasteiger partial charge in [0, 0.05) is 32.7 Å². The second kappa shape index (κ2) is 10.9. The molecule has 0 saturated heterocycles. The lowest BCUT2D eigenvalue weighted by Gasteiger charge is -2.24. The Hall–Kier alpha value is -5.80. The van der Waals surface area contributed by atoms with E-state index < -0.39 is 11.7 Å². The Morgan fingerprint density at radius 3 is 1.24 bits per heavy atom. The third-order valence-electron chi connectivity index (χ3n) is 9.69. The molecule has 0 spiro atoms. The van der Waals surface area contributed by atoms with Crippen LogP contribution in [0.1, 0.15) is 38.9 Å². The van der Waals surface area contributed by atoms with Gasteiger partial charge in [0.05, 0.1) is 50.6 Å². The van der Waals surface area contributed by atoms with Gasteiger partial charge in [-0.25, -0.2) is 0 Å². The third kappa shape index (κ3) is 4.72. The van der Waals surface area contributed by atoms with Crippen molar-refractivity contribution in [2.24, 2.45) is 0 Å². The molecule has 3 nitrogen and oxygen atoms in total. The second-order valence-corrected chi connectivity index (χ2v) is 13.2. The van der Waals surface area contributed by atoms with Crippen LogP contribution in [-0.2, 0) is 6.18 Å². The van der Waals surface area contributed by atoms with Gasteiger partial charge in [-0.2, -0.15) is 18.4 Å². The standard InChI is InChI=1S/C43H32F3N3/c1-24-9-13-30-31-14-10-25(2)18-36(31)48(35(30)17-24)39-21-29(23-47)22-40(42(39)41-28(5)7-6-8-34(41)43(44,45)46)49-37-19-26(3)11-15-32(37)33-16-12-27(4)20-38(33)49/h6-22H,1-5H3. The predicted octanol–water partition coefficient (Wildman–Crippen LogP) is 12.0. The molecule has 2 aromatic heterocycles. The first-order chi connectivity index (χ1) is 23.4. The maximum Gasteiger partial charge on any atom is 0.417 e. The van der Waals surface area contributed by atoms with Crippen LogP contribution in [-0.4, -0.2) is 9.13 Å². The van der Waals surface area contributed by atoms with E-state index in [1.54, 1.807) is 25.1 Å². The number of fused-ring (bicyclic) bond motifs is 6. The molecule has 0 atom stereocenters. The van der Waals surface area contributed by atoms with Crippen LogP contribution in [0.5, 0.6) is 0 Å². The highest BCUT2D eigenvalue weighted by atomic mass is 19.4. The van der Waals surface area contributed by atoms with Gasteiger partial charge in [0.15, 0.2) is 0 Å². The first kappa shape index (κ1) is 30.5. The second-order valence-electron chi connectivity index (χ2n) is 13.2. The molecule has 6 aromatic carbocycles. The number of benzene rings is 6. The summed E-state index contributed by atoms with van der Waals surface area (Å²) in [6, 6.07) is 35.0. The monoisotopic (exact) mass is 647 g/mol. The molecule has 0 unspecified atom stereocenters. The summed E-state index contributed by atoms with van der Waals surface area (Å²) in [7, 11) is 0. The number of hydrogen-bond acceptors (Lipinski definition) is 1. The number of rotatable bonds is 3. The number of nitriles is 1. The molecular weight excluding hydrogens is 615 g/mol. The predicted molar refractivity (Wildman–Crippen MR) is 194 cm³/mol. The zero-order valence-corrected chi connectivity index (χ0v) is 27.8. The molecule has 0 radical (unpaired) electrons. The van der Waals surface area contributed by atoms with Gasteiger partial charge in [0.1, 0.15) is 0 Å². The minimum atomic E-state index is -4.63. The van der Waals surface area contributed by atoms with Crippen molar-refractivity contribution < 1.29 is 13.2 Å². The normalized spacial score (nSPS) is 12.1. The molecule has 0 N–H and O–H groups in total. The molecular formula is C43H32F3N3. The molecule has 0 bridgehead atoms. The van der Waals surface area contributed by atoms with Gasteiger partial charge in [0.2, 0.25) is 0 Å². The number of nitrogens with zero attached hydrogens (tertiary/aromatic N) is 3. The number of aryl methyl sites for hydroxylation is 5. The minimum absolute atomic E-state index is 0.0927. The van der Waals surface area contributed by atoms with Crippen LogP contribution in [0, 0.1) is 45.9 Å². The summed E-state index contributed by atoms with van der Waals surface area (Å²) in [4.78, 5) is 0. The van der Waals surface area contributed by atoms with Crippen molar-refractivity contribution in [3.05, 3.63) is 142 Å². The maximum atomic E-state index is 15.2. The fraction of sp³-hybridized carbons (Fsp3) is 0.140. The Kier molecular flexibility index (Phi) is 6.77. The van der Waals surface area contributed by atoms with Crippen LogP contribution in [0.2, 0.25) is 0 Å². The molecule has 0 aliphatic rings. The van der Waals surface area contributed by atoms with Crippen molar-refractivity contribution in [1.82, 2.24) is 9.13 Å². The third-order valence-corrected chi connectivity index (χ3v) is 9.69. The smallest absolute Gasteiger partial charge is 0.308 e. The maximum absolute atomic E-state index is 15.2. The van der Waals surface area contributed by atoms with Crippen molar-refractivity contribution >= 4 is 43.6 Å². The van der Waals surface area contributed by atoms with E-state index >= 15 is 13.2 Å². The van der Waals surface area contributed by atoms with E-state index in [1.807, 2.05) is 27.7 Å². The molecule has 8 rings (SSSR count). The van der Waals surface area contributed by atoms with E-state index in [0.717, 1.165) is 71.9 Å². The summed E-state index contributed by atoms with van der Waals surface area (Å²) in [6.07, 6.45) is -4.63. The summed E-state index contributed by atoms with van der Waals surface area (Å²) >= 11 is 0. The van der Waals surface area contributed by atoms with Gasteiger partial charge in [-0.15, -0.1) is 0 Å². The summed E-state index contributed by atoms with van der Waals surface area (Å²) in [5, 5.41) is 14.5. The molecule has 49 heavy (non-hydrogen) atoms. The summed E-state index contributed by atoms with van der Waals surface area (Å²) in [6.45, 7) is 9.77. The minimum Gasteiger partial charge on any atom is -0.308 e. The molecule has 0 fully saturated rings. The van der Waals surface area contributed by atoms with Crippen molar-refractivity contribution in [2.75, 3.05) is 0 Å². The van der Waals surface area contributed by atoms with Crippen molar-refractivity contribution in [1.29, 1.82) is 5.26 Å². The molecule has 0 saturated carbocycles. The number of hydrogen-bond donors (Lipinski definition) is 0. The lowest BCUT2D eigenvalue weighted by molar-refractivity contribution is -0.137. The van der Waals surface area contributed by atoms with Crippen LogP contribution in [0.15, 0.2) is 103 Å². The molecule has 0 aliphatic carbocycles. The Bertz CT molecular complexity index is 2450. The lowest BCUT2D eigenvalue weighted by atomic mass is 9.90. The number of alkyl halides is 3. The summed E-state index contributed by atoms with van der Waals surface area (Å²) < 4.78 is 49.6. The lowest BCUT2D eigenvalue weighted by Crippen LogP contribution is -2.12. The molecule has 240 valence electrons. The highest BCUT2D eigenvalue weighted by Gasteiger charge is 2.36. The van der Waals surface area contributed by atoms with Gasteiger partial charge >= 0.3 is 6.18 Å². The topological polar surface area (TPSA) is 33.6 Å². The Morgan fingerprint density at radius 1 is 0.510 bits per heavy atom. The van der Waals surface area contributed by atoms with E-state index in [-0.39, 0.29) is 5.56 Å². The first-order valence-corrected chi connectivity index (χ1v) is 16.2. The van der Waals surface area contributed by atoms with E-state index in [1.165, 1.54) is 6.07 Å². The Morgan fingerprint density at radius 2 is 0.898 bits per heavy atom. The molecule has 0 amide bonds. The Balaban J connectivity index is 1.68. The van der Waals surface area contributed by atoms with E-state index in [4.69, 9.17) is 0 Å². The molecule has 0 aliphatic heterocycles. The van der Waals surface area contributed by atoms with Crippen molar-refractivity contribution in [2.45, 2.75) is 40.8 Å². The van der Waals surface area contributed by atoms with E-state index in [0.29, 0.717) is 28.1 Å².